The Morgan fingerprint density at radius 2 is 1.68 bits per heavy atom. The molecule has 5 heteroatoms. The molecule has 0 atom stereocenters. The number of imidazole rings is 1. The van der Waals surface area contributed by atoms with Crippen LogP contribution in [0.25, 0.3) is 11.0 Å². The summed E-state index contributed by atoms with van der Waals surface area (Å²) in [5.41, 5.74) is 7.74. The van der Waals surface area contributed by atoms with E-state index in [-0.39, 0.29) is 5.91 Å². The minimum atomic E-state index is -0.00665. The van der Waals surface area contributed by atoms with E-state index in [9.17, 15) is 4.79 Å². The largest absolute Gasteiger partial charge is 0.333 e. The number of benzene rings is 2. The minimum absolute atomic E-state index is 0.00665. The molecule has 1 amide bonds. The van der Waals surface area contributed by atoms with Crippen LogP contribution < -0.4 is 5.32 Å². The maximum Gasteiger partial charge on any atom is 0.234 e. The Hall–Kier alpha value is -2.27. The van der Waals surface area contributed by atoms with Crippen molar-refractivity contribution in [2.24, 2.45) is 0 Å². The number of aromatic nitrogens is 2. The number of nitrogens with one attached hydrogen (secondary N) is 2. The smallest absolute Gasteiger partial charge is 0.234 e. The Bertz CT molecular complexity index is 939. The first-order chi connectivity index (χ1) is 13.3. The first kappa shape index (κ1) is 20.5. The number of hydrogen-bond acceptors (Lipinski definition) is 3. The Labute approximate surface area is 171 Å². The Balaban J connectivity index is 1.74. The number of rotatable bonds is 6. The van der Waals surface area contributed by atoms with E-state index in [0.29, 0.717) is 17.6 Å². The van der Waals surface area contributed by atoms with Crippen molar-refractivity contribution in [3.05, 3.63) is 52.6 Å². The third-order valence-corrected chi connectivity index (χ3v) is 5.93. The van der Waals surface area contributed by atoms with E-state index >= 15 is 0 Å². The number of anilines is 1. The van der Waals surface area contributed by atoms with Gasteiger partial charge in [-0.2, -0.15) is 0 Å². The van der Waals surface area contributed by atoms with Crippen LogP contribution in [0.2, 0.25) is 0 Å². The second kappa shape index (κ2) is 8.39. The SMILES string of the molecule is Cc1cc2nc(SCC(=O)Nc3c(C(C)C)cccc3C(C)C)[nH]c2cc1C. The molecule has 0 saturated heterocycles. The zero-order valence-corrected chi connectivity index (χ0v) is 18.3. The zero-order chi connectivity index (χ0) is 20.4. The average molecular weight is 396 g/mol. The summed E-state index contributed by atoms with van der Waals surface area (Å²) >= 11 is 1.44. The maximum absolute atomic E-state index is 12.7. The van der Waals surface area contributed by atoms with E-state index in [4.69, 9.17) is 0 Å². The number of hydrogen-bond donors (Lipinski definition) is 2. The third-order valence-electron chi connectivity index (χ3n) is 5.05. The van der Waals surface area contributed by atoms with Crippen LogP contribution in [0, 0.1) is 13.8 Å². The van der Waals surface area contributed by atoms with Gasteiger partial charge in [-0.25, -0.2) is 4.98 Å². The molecule has 0 aliphatic rings. The fourth-order valence-electron chi connectivity index (χ4n) is 3.32. The van der Waals surface area contributed by atoms with Gasteiger partial charge in [0.05, 0.1) is 16.8 Å². The van der Waals surface area contributed by atoms with Crippen LogP contribution >= 0.6 is 11.8 Å². The van der Waals surface area contributed by atoms with Crippen molar-refractivity contribution in [1.82, 2.24) is 9.97 Å². The van der Waals surface area contributed by atoms with Gasteiger partial charge in [0.15, 0.2) is 5.16 Å². The minimum Gasteiger partial charge on any atom is -0.333 e. The maximum atomic E-state index is 12.7. The van der Waals surface area contributed by atoms with Gasteiger partial charge in [-0.05, 0) is 60.1 Å². The van der Waals surface area contributed by atoms with Crippen LogP contribution in [0.3, 0.4) is 0 Å². The molecule has 28 heavy (non-hydrogen) atoms. The van der Waals surface area contributed by atoms with Gasteiger partial charge in [-0.3, -0.25) is 4.79 Å². The van der Waals surface area contributed by atoms with E-state index in [1.165, 1.54) is 34.0 Å². The summed E-state index contributed by atoms with van der Waals surface area (Å²) in [6, 6.07) is 10.5. The molecule has 0 radical (unpaired) electrons. The van der Waals surface area contributed by atoms with Gasteiger partial charge in [0.25, 0.3) is 0 Å². The van der Waals surface area contributed by atoms with E-state index in [2.05, 4.69) is 87.2 Å². The van der Waals surface area contributed by atoms with E-state index < -0.39 is 0 Å². The molecule has 4 nitrogen and oxygen atoms in total. The summed E-state index contributed by atoms with van der Waals surface area (Å²) < 4.78 is 0. The molecule has 2 N–H and O–H groups in total. The number of amides is 1. The topological polar surface area (TPSA) is 57.8 Å². The normalized spacial score (nSPS) is 11.6. The standard InChI is InChI=1S/C23H29N3OS/c1-13(2)17-8-7-9-18(14(3)4)22(17)26-21(27)12-28-23-24-19-10-15(5)16(6)11-20(19)25-23/h7-11,13-14H,12H2,1-6H3,(H,24,25)(H,26,27). The molecule has 0 spiro atoms. The molecule has 0 bridgehead atoms. The average Bonchev–Trinajstić information content (AvgIpc) is 3.01. The number of para-hydroxylation sites is 1. The van der Waals surface area contributed by atoms with Crippen molar-refractivity contribution in [2.45, 2.75) is 58.5 Å². The molecular weight excluding hydrogens is 366 g/mol. The Morgan fingerprint density at radius 3 is 2.29 bits per heavy atom. The van der Waals surface area contributed by atoms with Gasteiger partial charge < -0.3 is 10.3 Å². The van der Waals surface area contributed by atoms with Gasteiger partial charge in [0.1, 0.15) is 0 Å². The first-order valence-corrected chi connectivity index (χ1v) is 10.8. The van der Waals surface area contributed by atoms with Crippen LogP contribution in [0.15, 0.2) is 35.5 Å². The lowest BCUT2D eigenvalue weighted by molar-refractivity contribution is -0.113. The molecule has 0 fully saturated rings. The van der Waals surface area contributed by atoms with Crippen molar-refractivity contribution in [3.63, 3.8) is 0 Å². The van der Waals surface area contributed by atoms with E-state index in [1.54, 1.807) is 0 Å². The van der Waals surface area contributed by atoms with Gasteiger partial charge >= 0.3 is 0 Å². The van der Waals surface area contributed by atoms with Crippen LogP contribution in [-0.2, 0) is 4.79 Å². The number of thioether (sulfide) groups is 1. The first-order valence-electron chi connectivity index (χ1n) is 9.78. The second-order valence-electron chi connectivity index (χ2n) is 7.95. The number of fused-ring (bicyclic) bond motifs is 1. The number of carbonyl (C=O) groups is 1. The van der Waals surface area contributed by atoms with Crippen molar-refractivity contribution in [3.8, 4) is 0 Å². The number of carbonyl (C=O) groups excluding carboxylic acids is 1. The summed E-state index contributed by atoms with van der Waals surface area (Å²) in [7, 11) is 0. The molecule has 0 aliphatic carbocycles. The molecule has 3 rings (SSSR count). The summed E-state index contributed by atoms with van der Waals surface area (Å²) in [6.45, 7) is 12.8. The molecule has 1 aromatic heterocycles. The van der Waals surface area contributed by atoms with Crippen molar-refractivity contribution in [2.75, 3.05) is 11.1 Å². The monoisotopic (exact) mass is 395 g/mol. The van der Waals surface area contributed by atoms with E-state index in [0.717, 1.165) is 21.9 Å². The zero-order valence-electron chi connectivity index (χ0n) is 17.5. The number of H-pyrrole nitrogens is 1. The predicted molar refractivity (Wildman–Crippen MR) is 120 cm³/mol. The highest BCUT2D eigenvalue weighted by Crippen LogP contribution is 2.32. The van der Waals surface area contributed by atoms with Gasteiger partial charge in [-0.1, -0.05) is 57.7 Å². The molecule has 148 valence electrons. The van der Waals surface area contributed by atoms with Gasteiger partial charge in [0.2, 0.25) is 5.91 Å². The summed E-state index contributed by atoms with van der Waals surface area (Å²) in [5.74, 6) is 1.02. The Kier molecular flexibility index (Phi) is 6.14. The molecule has 0 unspecified atom stereocenters. The van der Waals surface area contributed by atoms with Crippen molar-refractivity contribution in [1.29, 1.82) is 0 Å². The predicted octanol–water partition coefficient (Wildman–Crippen LogP) is 6.16. The van der Waals surface area contributed by atoms with Gasteiger partial charge in [0, 0.05) is 5.69 Å². The molecule has 0 saturated carbocycles. The Morgan fingerprint density at radius 1 is 1.07 bits per heavy atom. The summed E-state index contributed by atoms with van der Waals surface area (Å²) in [6.07, 6.45) is 0. The van der Waals surface area contributed by atoms with Crippen molar-refractivity contribution < 1.29 is 4.79 Å². The lowest BCUT2D eigenvalue weighted by Crippen LogP contribution is -2.17. The van der Waals surface area contributed by atoms with Crippen LogP contribution in [-0.4, -0.2) is 21.6 Å². The van der Waals surface area contributed by atoms with Crippen LogP contribution in [0.4, 0.5) is 5.69 Å². The number of aromatic amines is 1. The van der Waals surface area contributed by atoms with E-state index in [1.807, 2.05) is 0 Å². The highest BCUT2D eigenvalue weighted by molar-refractivity contribution is 7.99. The second-order valence-corrected chi connectivity index (χ2v) is 8.92. The molecule has 1 heterocycles. The number of nitrogens with zero attached hydrogens (tertiary/aromatic N) is 1. The highest BCUT2D eigenvalue weighted by atomic mass is 32.2. The molecular formula is C23H29N3OS. The van der Waals surface area contributed by atoms with Crippen LogP contribution in [0.1, 0.15) is 61.8 Å². The molecule has 3 aromatic rings. The lowest BCUT2D eigenvalue weighted by atomic mass is 9.92. The fraction of sp³-hybridized carbons (Fsp3) is 0.391. The van der Waals surface area contributed by atoms with Crippen molar-refractivity contribution >= 4 is 34.4 Å². The van der Waals surface area contributed by atoms with Crippen LogP contribution in [0.5, 0.6) is 0 Å². The fourth-order valence-corrected chi connectivity index (χ4v) is 4.00. The number of aryl methyl sites for hydroxylation is 2. The quantitative estimate of drug-likeness (QED) is 0.492. The lowest BCUT2D eigenvalue weighted by Gasteiger charge is -2.20. The summed E-state index contributed by atoms with van der Waals surface area (Å²) in [5, 5.41) is 3.94. The highest BCUT2D eigenvalue weighted by Gasteiger charge is 2.16. The molecule has 0 aliphatic heterocycles. The van der Waals surface area contributed by atoms with Gasteiger partial charge in [-0.15, -0.1) is 0 Å². The summed E-state index contributed by atoms with van der Waals surface area (Å²) in [4.78, 5) is 20.6. The molecule has 2 aromatic carbocycles. The third kappa shape index (κ3) is 4.41.